The monoisotopic (exact) mass is 162 g/mol. The van der Waals surface area contributed by atoms with Crippen LogP contribution in [0.4, 0.5) is 0 Å². The van der Waals surface area contributed by atoms with Crippen molar-refractivity contribution in [2.24, 2.45) is 10.9 Å². The van der Waals surface area contributed by atoms with Crippen molar-refractivity contribution in [3.63, 3.8) is 0 Å². The van der Waals surface area contributed by atoms with Crippen molar-refractivity contribution in [1.29, 1.82) is 0 Å². The summed E-state index contributed by atoms with van der Waals surface area (Å²) < 4.78 is 0. The van der Waals surface area contributed by atoms with Crippen molar-refractivity contribution in [2.45, 2.75) is 19.8 Å². The summed E-state index contributed by atoms with van der Waals surface area (Å²) in [5, 5.41) is 3.72. The summed E-state index contributed by atoms with van der Waals surface area (Å²) in [6.45, 7) is 2.06. The molecule has 12 heavy (non-hydrogen) atoms. The molecule has 0 saturated carbocycles. The smallest absolute Gasteiger partial charge is 0.0416 e. The summed E-state index contributed by atoms with van der Waals surface area (Å²) in [6, 6.07) is 10.2. The lowest BCUT2D eigenvalue weighted by Gasteiger charge is -2.00. The van der Waals surface area contributed by atoms with Gasteiger partial charge in [-0.3, -0.25) is 0 Å². The normalized spacial score (nSPS) is 11.6. The molecule has 0 unspecified atom stereocenters. The Morgan fingerprint density at radius 3 is 2.50 bits per heavy atom. The third kappa shape index (κ3) is 2.38. The van der Waals surface area contributed by atoms with Gasteiger partial charge in [0.2, 0.25) is 0 Å². The molecule has 2 heteroatoms. The van der Waals surface area contributed by atoms with Crippen molar-refractivity contribution >= 4 is 5.71 Å². The molecule has 0 radical (unpaired) electrons. The molecule has 2 nitrogen and oxygen atoms in total. The molecule has 0 spiro atoms. The van der Waals surface area contributed by atoms with Gasteiger partial charge in [0.1, 0.15) is 0 Å². The van der Waals surface area contributed by atoms with E-state index < -0.39 is 0 Å². The van der Waals surface area contributed by atoms with E-state index in [1.165, 1.54) is 5.56 Å². The highest BCUT2D eigenvalue weighted by Gasteiger charge is 1.96. The fourth-order valence-corrected chi connectivity index (χ4v) is 1.09. The minimum absolute atomic E-state index is 0.869. The largest absolute Gasteiger partial charge is 0.323 e. The van der Waals surface area contributed by atoms with Crippen LogP contribution in [0.15, 0.2) is 35.4 Å². The zero-order chi connectivity index (χ0) is 8.81. The first-order valence-corrected chi connectivity index (χ1v) is 4.16. The van der Waals surface area contributed by atoms with E-state index >= 15 is 0 Å². The molecule has 1 aromatic carbocycles. The Morgan fingerprint density at radius 2 is 2.00 bits per heavy atom. The van der Waals surface area contributed by atoms with Crippen molar-refractivity contribution in [2.75, 3.05) is 0 Å². The van der Waals surface area contributed by atoms with E-state index in [9.17, 15) is 0 Å². The predicted molar refractivity (Wildman–Crippen MR) is 52.1 cm³/mol. The standard InChI is InChI=1S/C10H14N2/c1-2-10(12-11)8-9-6-4-3-5-7-9/h3-7H,2,8,11H2,1H3. The van der Waals surface area contributed by atoms with Crippen LogP contribution >= 0.6 is 0 Å². The molecule has 0 aliphatic rings. The van der Waals surface area contributed by atoms with Crippen LogP contribution in [0.25, 0.3) is 0 Å². The molecular formula is C10H14N2. The van der Waals surface area contributed by atoms with Gasteiger partial charge < -0.3 is 5.84 Å². The van der Waals surface area contributed by atoms with Crippen LogP contribution in [0.1, 0.15) is 18.9 Å². The summed E-state index contributed by atoms with van der Waals surface area (Å²) in [4.78, 5) is 0. The Kier molecular flexibility index (Phi) is 3.33. The maximum Gasteiger partial charge on any atom is 0.0416 e. The molecule has 0 aliphatic heterocycles. The van der Waals surface area contributed by atoms with Crippen LogP contribution in [-0.2, 0) is 6.42 Å². The minimum atomic E-state index is 0.869. The highest BCUT2D eigenvalue weighted by molar-refractivity contribution is 5.85. The van der Waals surface area contributed by atoms with Crippen molar-refractivity contribution in [1.82, 2.24) is 0 Å². The van der Waals surface area contributed by atoms with E-state index in [1.807, 2.05) is 18.2 Å². The lowest BCUT2D eigenvalue weighted by atomic mass is 10.1. The summed E-state index contributed by atoms with van der Waals surface area (Å²) in [5.41, 5.74) is 2.31. The van der Waals surface area contributed by atoms with Crippen molar-refractivity contribution in [3.05, 3.63) is 35.9 Å². The highest BCUT2D eigenvalue weighted by Crippen LogP contribution is 2.02. The van der Waals surface area contributed by atoms with E-state index in [0.29, 0.717) is 0 Å². The predicted octanol–water partition coefficient (Wildman–Crippen LogP) is 1.95. The topological polar surface area (TPSA) is 38.4 Å². The molecule has 0 fully saturated rings. The van der Waals surface area contributed by atoms with Gasteiger partial charge in [-0.1, -0.05) is 37.3 Å². The Labute approximate surface area is 73.1 Å². The first-order valence-electron chi connectivity index (χ1n) is 4.16. The molecule has 0 bridgehead atoms. The average Bonchev–Trinajstić information content (AvgIpc) is 2.16. The lowest BCUT2D eigenvalue weighted by molar-refractivity contribution is 1.11. The van der Waals surface area contributed by atoms with Crippen LogP contribution < -0.4 is 5.84 Å². The van der Waals surface area contributed by atoms with E-state index in [-0.39, 0.29) is 0 Å². The fraction of sp³-hybridized carbons (Fsp3) is 0.300. The summed E-state index contributed by atoms with van der Waals surface area (Å²) in [6.07, 6.45) is 1.79. The third-order valence-electron chi connectivity index (χ3n) is 1.84. The molecular weight excluding hydrogens is 148 g/mol. The number of hydrogen-bond donors (Lipinski definition) is 1. The van der Waals surface area contributed by atoms with Gasteiger partial charge in [0.15, 0.2) is 0 Å². The van der Waals surface area contributed by atoms with Crippen molar-refractivity contribution < 1.29 is 0 Å². The zero-order valence-electron chi connectivity index (χ0n) is 7.33. The van der Waals surface area contributed by atoms with Gasteiger partial charge >= 0.3 is 0 Å². The average molecular weight is 162 g/mol. The number of rotatable bonds is 3. The van der Waals surface area contributed by atoms with Crippen LogP contribution in [0, 0.1) is 0 Å². The van der Waals surface area contributed by atoms with Crippen LogP contribution in [0.5, 0.6) is 0 Å². The molecule has 0 aliphatic carbocycles. The number of nitrogens with two attached hydrogens (primary N) is 1. The second-order valence-corrected chi connectivity index (χ2v) is 2.71. The third-order valence-corrected chi connectivity index (χ3v) is 1.84. The Bertz CT molecular complexity index is 252. The summed E-state index contributed by atoms with van der Waals surface area (Å²) in [5.74, 6) is 5.22. The maximum absolute atomic E-state index is 5.22. The number of nitrogens with zero attached hydrogens (tertiary/aromatic N) is 1. The van der Waals surface area contributed by atoms with Gasteiger partial charge in [-0.15, -0.1) is 0 Å². The Hall–Kier alpha value is -1.31. The quantitative estimate of drug-likeness (QED) is 0.412. The van der Waals surface area contributed by atoms with E-state index in [0.717, 1.165) is 18.6 Å². The first-order chi connectivity index (χ1) is 5.86. The Morgan fingerprint density at radius 1 is 1.33 bits per heavy atom. The summed E-state index contributed by atoms with van der Waals surface area (Å²) >= 11 is 0. The molecule has 1 aromatic rings. The number of benzene rings is 1. The van der Waals surface area contributed by atoms with Crippen molar-refractivity contribution in [3.8, 4) is 0 Å². The minimum Gasteiger partial charge on any atom is -0.323 e. The molecule has 0 amide bonds. The fourth-order valence-electron chi connectivity index (χ4n) is 1.09. The van der Waals surface area contributed by atoms with Gasteiger partial charge in [-0.25, -0.2) is 0 Å². The molecule has 2 N–H and O–H groups in total. The van der Waals surface area contributed by atoms with E-state index in [2.05, 4.69) is 24.2 Å². The second kappa shape index (κ2) is 4.54. The zero-order valence-corrected chi connectivity index (χ0v) is 7.33. The van der Waals surface area contributed by atoms with Gasteiger partial charge in [0.05, 0.1) is 0 Å². The molecule has 0 saturated heterocycles. The first kappa shape index (κ1) is 8.78. The molecule has 64 valence electrons. The van der Waals surface area contributed by atoms with Crippen LogP contribution in [0.3, 0.4) is 0 Å². The molecule has 1 rings (SSSR count). The summed E-state index contributed by atoms with van der Waals surface area (Å²) in [7, 11) is 0. The van der Waals surface area contributed by atoms with Gasteiger partial charge in [0, 0.05) is 12.1 Å². The molecule has 0 aromatic heterocycles. The van der Waals surface area contributed by atoms with E-state index in [1.54, 1.807) is 0 Å². The lowest BCUT2D eigenvalue weighted by Crippen LogP contribution is -2.04. The number of hydrogen-bond acceptors (Lipinski definition) is 2. The van der Waals surface area contributed by atoms with Crippen LogP contribution in [-0.4, -0.2) is 5.71 Å². The molecule has 0 atom stereocenters. The second-order valence-electron chi connectivity index (χ2n) is 2.71. The van der Waals surface area contributed by atoms with E-state index in [4.69, 9.17) is 5.84 Å². The van der Waals surface area contributed by atoms with Gasteiger partial charge in [0.25, 0.3) is 0 Å². The maximum atomic E-state index is 5.22. The molecule has 0 heterocycles. The highest BCUT2D eigenvalue weighted by atomic mass is 15.1. The van der Waals surface area contributed by atoms with Gasteiger partial charge in [-0.2, -0.15) is 5.10 Å². The van der Waals surface area contributed by atoms with Crippen LogP contribution in [0.2, 0.25) is 0 Å². The number of hydrazone groups is 1. The SMILES string of the molecule is CCC(Cc1ccccc1)=NN. The van der Waals surface area contributed by atoms with Gasteiger partial charge in [-0.05, 0) is 12.0 Å². The Balaban J connectivity index is 2.64.